The lowest BCUT2D eigenvalue weighted by molar-refractivity contribution is -0.254. The van der Waals surface area contributed by atoms with E-state index in [9.17, 15) is 8.78 Å². The van der Waals surface area contributed by atoms with Crippen LogP contribution in [-0.2, 0) is 4.74 Å². The molecule has 0 amide bonds. The molecular weight excluding hydrogens is 421 g/mol. The highest BCUT2D eigenvalue weighted by Crippen LogP contribution is 2.51. The fourth-order valence-electron chi connectivity index (χ4n) is 3.82. The Morgan fingerprint density at radius 2 is 1.79 bits per heavy atom. The minimum Gasteiger partial charge on any atom is -0.433 e. The van der Waals surface area contributed by atoms with E-state index in [4.69, 9.17) is 4.74 Å². The average Bonchev–Trinajstić information content (AvgIpc) is 3.24. The summed E-state index contributed by atoms with van der Waals surface area (Å²) < 4.78 is 35.9. The molecule has 3 rings (SSSR count). The summed E-state index contributed by atoms with van der Waals surface area (Å²) in [5.41, 5.74) is 0.781. The highest BCUT2D eigenvalue weighted by molar-refractivity contribution is 14.1. The number of hydrogen-bond acceptors (Lipinski definition) is 1. The molecule has 3 aliphatic carbocycles. The molecule has 0 saturated heterocycles. The molecule has 1 nitrogen and oxygen atoms in total. The minimum absolute atomic E-state index is 0.290. The predicted molar refractivity (Wildman–Crippen MR) is 102 cm³/mol. The van der Waals surface area contributed by atoms with Gasteiger partial charge in [0.1, 0.15) is 5.76 Å². The summed E-state index contributed by atoms with van der Waals surface area (Å²) >= 11 is 2.31. The van der Waals surface area contributed by atoms with Crippen LogP contribution in [0.3, 0.4) is 0 Å². The Morgan fingerprint density at radius 3 is 2.38 bits per heavy atom. The normalized spacial score (nSPS) is 36.4. The smallest absolute Gasteiger partial charge is 0.400 e. The molecule has 4 heteroatoms. The second kappa shape index (κ2) is 6.58. The zero-order valence-electron chi connectivity index (χ0n) is 14.5. The second-order valence-electron chi connectivity index (χ2n) is 7.78. The van der Waals surface area contributed by atoms with Crippen molar-refractivity contribution in [3.63, 3.8) is 0 Å². The topological polar surface area (TPSA) is 9.23 Å². The van der Waals surface area contributed by atoms with Crippen LogP contribution in [0.15, 0.2) is 45.3 Å². The van der Waals surface area contributed by atoms with E-state index < -0.39 is 12.0 Å². The largest absolute Gasteiger partial charge is 0.433 e. The average molecular weight is 446 g/mol. The lowest BCUT2D eigenvalue weighted by Crippen LogP contribution is -2.34. The van der Waals surface area contributed by atoms with Crippen molar-refractivity contribution in [2.24, 2.45) is 23.2 Å². The summed E-state index contributed by atoms with van der Waals surface area (Å²) in [6, 6.07) is 0. The SMILES string of the molecule is CC1=CC(C)(C2C=C2I)C=C(OC(F)(F)C2CCC(C)CC2)C=C1. The molecule has 132 valence electrons. The van der Waals surface area contributed by atoms with Gasteiger partial charge in [-0.05, 0) is 64.0 Å². The van der Waals surface area contributed by atoms with Gasteiger partial charge in [-0.3, -0.25) is 0 Å². The maximum absolute atomic E-state index is 14.7. The van der Waals surface area contributed by atoms with Crippen LogP contribution in [0.25, 0.3) is 0 Å². The molecule has 0 N–H and O–H groups in total. The summed E-state index contributed by atoms with van der Waals surface area (Å²) in [6.45, 7) is 6.22. The van der Waals surface area contributed by atoms with Gasteiger partial charge >= 0.3 is 6.11 Å². The third-order valence-electron chi connectivity index (χ3n) is 5.43. The summed E-state index contributed by atoms with van der Waals surface area (Å²) in [5.74, 6) is 0.465. The van der Waals surface area contributed by atoms with Gasteiger partial charge in [0.2, 0.25) is 0 Å². The monoisotopic (exact) mass is 446 g/mol. The third kappa shape index (κ3) is 3.94. The van der Waals surface area contributed by atoms with Crippen molar-refractivity contribution in [3.05, 3.63) is 45.3 Å². The number of allylic oxidation sites excluding steroid dienone is 7. The van der Waals surface area contributed by atoms with Crippen LogP contribution >= 0.6 is 22.6 Å². The molecule has 0 spiro atoms. The Hall–Kier alpha value is -0.650. The predicted octanol–water partition coefficient (Wildman–Crippen LogP) is 6.78. The molecule has 3 aliphatic rings. The van der Waals surface area contributed by atoms with E-state index in [2.05, 4.69) is 48.6 Å². The van der Waals surface area contributed by atoms with E-state index in [1.54, 1.807) is 6.08 Å². The molecule has 0 radical (unpaired) electrons. The minimum atomic E-state index is -3.10. The van der Waals surface area contributed by atoms with Crippen molar-refractivity contribution in [2.75, 3.05) is 0 Å². The second-order valence-corrected chi connectivity index (χ2v) is 9.03. The molecule has 0 heterocycles. The molecule has 0 aromatic rings. The Kier molecular flexibility index (Phi) is 4.98. The van der Waals surface area contributed by atoms with Gasteiger partial charge in [-0.15, -0.1) is 0 Å². The molecule has 2 atom stereocenters. The molecule has 2 unspecified atom stereocenters. The van der Waals surface area contributed by atoms with Crippen molar-refractivity contribution in [1.29, 1.82) is 0 Å². The molecule has 24 heavy (non-hydrogen) atoms. The number of alkyl halides is 2. The number of halogens is 3. The van der Waals surface area contributed by atoms with Gasteiger partial charge in [-0.2, -0.15) is 8.78 Å². The number of hydrogen-bond donors (Lipinski definition) is 0. The molecule has 0 bridgehead atoms. The fraction of sp³-hybridized carbons (Fsp3) is 0.600. The van der Waals surface area contributed by atoms with E-state index >= 15 is 0 Å². The molecule has 0 aromatic heterocycles. The van der Waals surface area contributed by atoms with Crippen LogP contribution in [0.5, 0.6) is 0 Å². The first-order chi connectivity index (χ1) is 11.2. The highest BCUT2D eigenvalue weighted by atomic mass is 127. The lowest BCUT2D eigenvalue weighted by Gasteiger charge is -2.33. The van der Waals surface area contributed by atoms with Crippen LogP contribution in [0.2, 0.25) is 0 Å². The van der Waals surface area contributed by atoms with Crippen LogP contribution in [0, 0.1) is 23.2 Å². The van der Waals surface area contributed by atoms with Crippen LogP contribution in [-0.4, -0.2) is 6.11 Å². The molecular formula is C20H25F2IO. The first kappa shape index (κ1) is 18.2. The van der Waals surface area contributed by atoms with Crippen molar-refractivity contribution in [1.82, 2.24) is 0 Å². The number of rotatable bonds is 4. The van der Waals surface area contributed by atoms with Crippen molar-refractivity contribution in [2.45, 2.75) is 52.6 Å². The Bertz CT molecular complexity index is 624. The van der Waals surface area contributed by atoms with Gasteiger partial charge in [0.25, 0.3) is 0 Å². The maximum Gasteiger partial charge on any atom is 0.400 e. The quantitative estimate of drug-likeness (QED) is 0.433. The van der Waals surface area contributed by atoms with E-state index in [0.29, 0.717) is 30.4 Å². The zero-order valence-corrected chi connectivity index (χ0v) is 16.6. The van der Waals surface area contributed by atoms with Crippen LogP contribution in [0.1, 0.15) is 46.5 Å². The van der Waals surface area contributed by atoms with Gasteiger partial charge in [-0.1, -0.05) is 50.5 Å². The highest BCUT2D eigenvalue weighted by Gasteiger charge is 2.45. The Morgan fingerprint density at radius 1 is 1.17 bits per heavy atom. The van der Waals surface area contributed by atoms with E-state index in [0.717, 1.165) is 18.4 Å². The first-order valence-corrected chi connectivity index (χ1v) is 9.82. The molecule has 0 aliphatic heterocycles. The van der Waals surface area contributed by atoms with Crippen LogP contribution in [0.4, 0.5) is 8.78 Å². The van der Waals surface area contributed by atoms with Gasteiger partial charge in [0.05, 0.1) is 5.92 Å². The molecule has 1 saturated carbocycles. The standard InChI is InChI=1S/C20H25F2IO/c1-13-4-7-15(8-5-13)20(21,22)24-16-9-6-14(2)11-19(3,12-16)17-10-18(17)23/h6,9-13,15,17H,4-5,7-8H2,1-3H3. The summed E-state index contributed by atoms with van der Waals surface area (Å²) in [6.07, 6.45) is 9.45. The Balaban J connectivity index is 1.76. The first-order valence-electron chi connectivity index (χ1n) is 8.74. The van der Waals surface area contributed by atoms with E-state index in [-0.39, 0.29) is 5.41 Å². The van der Waals surface area contributed by atoms with E-state index in [1.807, 2.05) is 19.1 Å². The third-order valence-corrected chi connectivity index (χ3v) is 6.46. The van der Waals surface area contributed by atoms with Gasteiger partial charge in [0.15, 0.2) is 0 Å². The lowest BCUT2D eigenvalue weighted by atomic mass is 9.81. The van der Waals surface area contributed by atoms with Gasteiger partial charge in [-0.25, -0.2) is 0 Å². The van der Waals surface area contributed by atoms with Gasteiger partial charge in [0, 0.05) is 11.3 Å². The van der Waals surface area contributed by atoms with E-state index in [1.165, 1.54) is 3.58 Å². The number of ether oxygens (including phenoxy) is 1. The van der Waals surface area contributed by atoms with Gasteiger partial charge < -0.3 is 4.74 Å². The zero-order chi connectivity index (χ0) is 17.5. The summed E-state index contributed by atoms with van der Waals surface area (Å²) in [5, 5.41) is 0. The maximum atomic E-state index is 14.7. The fourth-order valence-corrected chi connectivity index (χ4v) is 4.85. The van der Waals surface area contributed by atoms with Crippen molar-refractivity contribution < 1.29 is 13.5 Å². The molecule has 0 aromatic carbocycles. The molecule has 1 fully saturated rings. The summed E-state index contributed by atoms with van der Waals surface area (Å²) in [4.78, 5) is 0. The van der Waals surface area contributed by atoms with Crippen LogP contribution < -0.4 is 0 Å². The van der Waals surface area contributed by atoms with Crippen molar-refractivity contribution >= 4 is 22.6 Å². The van der Waals surface area contributed by atoms with Crippen molar-refractivity contribution in [3.8, 4) is 0 Å². The Labute approximate surface area is 157 Å². The summed E-state index contributed by atoms with van der Waals surface area (Å²) in [7, 11) is 0.